The molecule has 0 spiro atoms. The van der Waals surface area contributed by atoms with Crippen LogP contribution in [0.3, 0.4) is 0 Å². The summed E-state index contributed by atoms with van der Waals surface area (Å²) in [6, 6.07) is 2.55. The van der Waals surface area contributed by atoms with Crippen molar-refractivity contribution in [2.45, 2.75) is 11.1 Å². The number of sulfonamides is 1. The van der Waals surface area contributed by atoms with Gasteiger partial charge in [0.1, 0.15) is 17.9 Å². The van der Waals surface area contributed by atoms with Crippen LogP contribution in [0.4, 0.5) is 15.1 Å². The van der Waals surface area contributed by atoms with Gasteiger partial charge in [0.15, 0.2) is 5.03 Å². The maximum absolute atomic E-state index is 12.7. The lowest BCUT2D eigenvalue weighted by molar-refractivity contribution is 0.138. The maximum Gasteiger partial charge on any atom is 0.335 e. The van der Waals surface area contributed by atoms with Crippen LogP contribution in [-0.4, -0.2) is 48.3 Å². The summed E-state index contributed by atoms with van der Waals surface area (Å²) in [5.41, 5.74) is -0.295. The lowest BCUT2D eigenvalue weighted by Gasteiger charge is -2.13. The Kier molecular flexibility index (Phi) is 6.23. The van der Waals surface area contributed by atoms with E-state index in [1.165, 1.54) is 25.3 Å². The standard InChI is InChI=1S/C13H13ClFN5O5S/c1-25-10-5-9(14)17-12(18-10)19-13(22)20-26(23,24)11-7(8(21)6-15)3-2-4-16-11/h2-5,8,21H,6H2,1H3,(H2,17,18,19,20,22). The molecule has 2 rings (SSSR count). The number of hydrogen-bond acceptors (Lipinski definition) is 8. The number of methoxy groups -OCH3 is 1. The third kappa shape index (κ3) is 4.74. The normalized spacial score (nSPS) is 12.3. The van der Waals surface area contributed by atoms with E-state index in [9.17, 15) is 22.7 Å². The van der Waals surface area contributed by atoms with Crippen molar-refractivity contribution in [1.29, 1.82) is 0 Å². The first-order chi connectivity index (χ1) is 12.3. The number of pyridine rings is 1. The summed E-state index contributed by atoms with van der Waals surface area (Å²) in [5.74, 6) is -0.270. The molecule has 140 valence electrons. The van der Waals surface area contributed by atoms with Crippen LogP contribution in [0.1, 0.15) is 11.7 Å². The highest BCUT2D eigenvalue weighted by molar-refractivity contribution is 7.90. The van der Waals surface area contributed by atoms with Gasteiger partial charge < -0.3 is 9.84 Å². The van der Waals surface area contributed by atoms with E-state index < -0.39 is 33.9 Å². The number of alkyl halides is 1. The Balaban J connectivity index is 2.22. The molecule has 0 radical (unpaired) electrons. The quantitative estimate of drug-likeness (QED) is 0.605. The van der Waals surface area contributed by atoms with Gasteiger partial charge in [-0.3, -0.25) is 5.32 Å². The van der Waals surface area contributed by atoms with Crippen LogP contribution in [0.25, 0.3) is 0 Å². The number of hydrogen-bond donors (Lipinski definition) is 3. The second kappa shape index (κ2) is 8.21. The van der Waals surface area contributed by atoms with E-state index in [0.29, 0.717) is 0 Å². The molecule has 0 aliphatic heterocycles. The molecule has 10 nitrogen and oxygen atoms in total. The van der Waals surface area contributed by atoms with E-state index in [2.05, 4.69) is 20.3 Å². The zero-order valence-electron chi connectivity index (χ0n) is 13.2. The fraction of sp³-hybridized carbons (Fsp3) is 0.231. The van der Waals surface area contributed by atoms with Crippen LogP contribution < -0.4 is 14.8 Å². The summed E-state index contributed by atoms with van der Waals surface area (Å²) < 4.78 is 43.8. The SMILES string of the molecule is COc1cc(Cl)nc(NC(=O)NS(=O)(=O)c2ncccc2C(O)CF)n1. The van der Waals surface area contributed by atoms with Crippen molar-refractivity contribution in [1.82, 2.24) is 19.7 Å². The highest BCUT2D eigenvalue weighted by Crippen LogP contribution is 2.21. The second-order valence-corrected chi connectivity index (χ2v) is 6.67. The molecule has 2 aromatic rings. The molecule has 0 aliphatic rings. The summed E-state index contributed by atoms with van der Waals surface area (Å²) in [4.78, 5) is 23.0. The molecule has 13 heteroatoms. The van der Waals surface area contributed by atoms with Gasteiger partial charge in [0, 0.05) is 17.8 Å². The minimum absolute atomic E-state index is 0.0428. The average Bonchev–Trinajstić information content (AvgIpc) is 2.59. The van der Waals surface area contributed by atoms with Crippen molar-refractivity contribution in [2.75, 3.05) is 19.1 Å². The monoisotopic (exact) mass is 405 g/mol. The lowest BCUT2D eigenvalue weighted by atomic mass is 10.2. The molecule has 0 bridgehead atoms. The predicted octanol–water partition coefficient (Wildman–Crippen LogP) is 1.05. The number of nitrogens with one attached hydrogen (secondary N) is 2. The Morgan fingerprint density at radius 2 is 2.19 bits per heavy atom. The fourth-order valence-corrected chi connectivity index (χ4v) is 3.10. The van der Waals surface area contributed by atoms with Crippen LogP contribution in [0.5, 0.6) is 5.88 Å². The molecule has 0 saturated carbocycles. The van der Waals surface area contributed by atoms with E-state index in [-0.39, 0.29) is 22.5 Å². The zero-order valence-corrected chi connectivity index (χ0v) is 14.8. The van der Waals surface area contributed by atoms with Gasteiger partial charge in [-0.15, -0.1) is 0 Å². The van der Waals surface area contributed by atoms with Crippen molar-refractivity contribution in [3.05, 3.63) is 35.1 Å². The topological polar surface area (TPSA) is 143 Å². The smallest absolute Gasteiger partial charge is 0.335 e. The van der Waals surface area contributed by atoms with Crippen molar-refractivity contribution >= 4 is 33.6 Å². The third-order valence-electron chi connectivity index (χ3n) is 2.89. The number of halogens is 2. The van der Waals surface area contributed by atoms with Crippen LogP contribution in [0.15, 0.2) is 29.4 Å². The molecular weight excluding hydrogens is 393 g/mol. The summed E-state index contributed by atoms with van der Waals surface area (Å²) in [6.45, 7) is -1.23. The molecule has 1 unspecified atom stereocenters. The van der Waals surface area contributed by atoms with Gasteiger partial charge in [0.05, 0.1) is 7.11 Å². The van der Waals surface area contributed by atoms with Gasteiger partial charge in [-0.1, -0.05) is 17.7 Å². The van der Waals surface area contributed by atoms with Gasteiger partial charge in [-0.05, 0) is 6.07 Å². The summed E-state index contributed by atoms with van der Waals surface area (Å²) in [5, 5.41) is 10.9. The third-order valence-corrected chi connectivity index (χ3v) is 4.39. The van der Waals surface area contributed by atoms with Crippen LogP contribution >= 0.6 is 11.6 Å². The van der Waals surface area contributed by atoms with E-state index >= 15 is 0 Å². The van der Waals surface area contributed by atoms with Gasteiger partial charge in [-0.2, -0.15) is 13.4 Å². The molecule has 0 fully saturated rings. The van der Waals surface area contributed by atoms with Gasteiger partial charge in [0.25, 0.3) is 10.0 Å². The Morgan fingerprint density at radius 1 is 1.46 bits per heavy atom. The first-order valence-corrected chi connectivity index (χ1v) is 8.74. The Bertz CT molecular complexity index is 914. The van der Waals surface area contributed by atoms with Crippen molar-refractivity contribution < 1.29 is 27.4 Å². The van der Waals surface area contributed by atoms with Gasteiger partial charge in [-0.25, -0.2) is 23.9 Å². The first-order valence-electron chi connectivity index (χ1n) is 6.88. The largest absolute Gasteiger partial charge is 0.481 e. The van der Waals surface area contributed by atoms with Crippen molar-refractivity contribution in [2.24, 2.45) is 0 Å². The number of nitrogens with zero attached hydrogens (tertiary/aromatic N) is 3. The molecule has 2 aromatic heterocycles. The Labute approximate surface area is 152 Å². The molecular formula is C13H13ClFN5O5S. The fourth-order valence-electron chi connectivity index (χ4n) is 1.82. The van der Waals surface area contributed by atoms with Crippen molar-refractivity contribution in [3.63, 3.8) is 0 Å². The van der Waals surface area contributed by atoms with Crippen molar-refractivity contribution in [3.8, 4) is 5.88 Å². The van der Waals surface area contributed by atoms with Crippen LogP contribution in [0.2, 0.25) is 5.15 Å². The number of carbonyl (C=O) groups is 1. The summed E-state index contributed by atoms with van der Waals surface area (Å²) in [7, 11) is -3.20. The highest BCUT2D eigenvalue weighted by Gasteiger charge is 2.26. The summed E-state index contributed by atoms with van der Waals surface area (Å²) in [6.07, 6.45) is -0.592. The number of carbonyl (C=O) groups excluding carboxylic acids is 1. The number of aliphatic hydroxyl groups is 1. The molecule has 26 heavy (non-hydrogen) atoms. The van der Waals surface area contributed by atoms with E-state index in [1.807, 2.05) is 0 Å². The number of urea groups is 1. The Hall–Kier alpha value is -2.57. The molecule has 1 atom stereocenters. The number of aliphatic hydroxyl groups excluding tert-OH is 1. The van der Waals surface area contributed by atoms with Crippen LogP contribution in [0, 0.1) is 0 Å². The minimum Gasteiger partial charge on any atom is -0.481 e. The van der Waals surface area contributed by atoms with E-state index in [4.69, 9.17) is 16.3 Å². The van der Waals surface area contributed by atoms with Gasteiger partial charge >= 0.3 is 6.03 Å². The van der Waals surface area contributed by atoms with Gasteiger partial charge in [0.2, 0.25) is 11.8 Å². The molecule has 2 heterocycles. The van der Waals surface area contributed by atoms with E-state index in [0.717, 1.165) is 6.20 Å². The average molecular weight is 406 g/mol. The van der Waals surface area contributed by atoms with E-state index in [1.54, 1.807) is 4.72 Å². The molecule has 2 amide bonds. The Morgan fingerprint density at radius 3 is 2.85 bits per heavy atom. The minimum atomic E-state index is -4.51. The second-order valence-electron chi connectivity index (χ2n) is 4.68. The number of rotatable bonds is 6. The number of ether oxygens (including phenoxy) is 1. The summed E-state index contributed by atoms with van der Waals surface area (Å²) >= 11 is 5.72. The molecule has 0 aliphatic carbocycles. The number of anilines is 1. The molecule has 0 aromatic carbocycles. The maximum atomic E-state index is 12.7. The number of aromatic nitrogens is 3. The molecule has 3 N–H and O–H groups in total. The first kappa shape index (κ1) is 19.8. The zero-order chi connectivity index (χ0) is 19.3. The molecule has 0 saturated heterocycles. The van der Waals surface area contributed by atoms with Crippen LogP contribution in [-0.2, 0) is 10.0 Å². The predicted molar refractivity (Wildman–Crippen MR) is 88.1 cm³/mol. The number of amides is 2. The lowest BCUT2D eigenvalue weighted by Crippen LogP contribution is -2.36. The highest BCUT2D eigenvalue weighted by atomic mass is 35.5.